The van der Waals surface area contributed by atoms with E-state index in [1.807, 2.05) is 0 Å². The van der Waals surface area contributed by atoms with Crippen molar-refractivity contribution in [3.8, 4) is 5.75 Å². The lowest BCUT2D eigenvalue weighted by molar-refractivity contribution is 0.264. The summed E-state index contributed by atoms with van der Waals surface area (Å²) in [6.07, 6.45) is 0. The van der Waals surface area contributed by atoms with Gasteiger partial charge in [0.2, 0.25) is 0 Å². The molecule has 0 fully saturated rings. The summed E-state index contributed by atoms with van der Waals surface area (Å²) in [7, 11) is 0. The second-order valence-electron chi connectivity index (χ2n) is 2.24. The van der Waals surface area contributed by atoms with Crippen molar-refractivity contribution in [1.82, 2.24) is 0 Å². The quantitative estimate of drug-likeness (QED) is 0.647. The summed E-state index contributed by atoms with van der Waals surface area (Å²) in [6, 6.07) is 4.89. The number of para-hydroxylation sites is 1. The molecule has 0 aliphatic rings. The highest BCUT2D eigenvalue weighted by molar-refractivity contribution is 5.85. The van der Waals surface area contributed by atoms with E-state index in [1.54, 1.807) is 18.2 Å². The highest BCUT2D eigenvalue weighted by Gasteiger charge is 2.03. The summed E-state index contributed by atoms with van der Waals surface area (Å²) in [6.45, 7) is -0.417. The van der Waals surface area contributed by atoms with Crippen LogP contribution in [0.25, 0.3) is 0 Å². The van der Waals surface area contributed by atoms with Crippen LogP contribution in [0, 0.1) is 0 Å². The minimum atomic E-state index is -0.209. The number of hydrogen-bond donors (Lipinski definition) is 3. The van der Waals surface area contributed by atoms with Crippen molar-refractivity contribution in [3.63, 3.8) is 0 Å². The number of benzene rings is 1. The summed E-state index contributed by atoms with van der Waals surface area (Å²) in [4.78, 5) is 0. The number of rotatable bonds is 2. The summed E-state index contributed by atoms with van der Waals surface area (Å²) >= 11 is 0. The van der Waals surface area contributed by atoms with Gasteiger partial charge in [-0.2, -0.15) is 0 Å². The monoisotopic (exact) mass is 190 g/mol. The first kappa shape index (κ1) is 11.2. The van der Waals surface area contributed by atoms with Crippen LogP contribution >= 0.6 is 12.4 Å². The maximum absolute atomic E-state index is 9.27. The average Bonchev–Trinajstić information content (AvgIpc) is 2.05. The first-order chi connectivity index (χ1) is 5.29. The van der Waals surface area contributed by atoms with Crippen LogP contribution in [0.2, 0.25) is 0 Å². The molecule has 0 radical (unpaired) electrons. The molecule has 0 aliphatic carbocycles. The van der Waals surface area contributed by atoms with Crippen molar-refractivity contribution in [2.75, 3.05) is 0 Å². The van der Waals surface area contributed by atoms with Gasteiger partial charge in [0.15, 0.2) is 0 Å². The molecule has 0 atom stereocenters. The van der Waals surface area contributed by atoms with Gasteiger partial charge in [0.1, 0.15) is 5.75 Å². The molecule has 0 saturated heterocycles. The Morgan fingerprint density at radius 1 is 1.00 bits per heavy atom. The summed E-state index contributed by atoms with van der Waals surface area (Å²) in [5.41, 5.74) is 0.883. The number of phenols is 1. The molecule has 0 bridgehead atoms. The van der Waals surface area contributed by atoms with Gasteiger partial charge in [-0.25, -0.2) is 0 Å². The second kappa shape index (κ2) is 4.98. The zero-order valence-electron chi connectivity index (χ0n) is 6.40. The largest absolute Gasteiger partial charge is 0.507 e. The predicted molar refractivity (Wildman–Crippen MR) is 47.2 cm³/mol. The van der Waals surface area contributed by atoms with Gasteiger partial charge in [0, 0.05) is 11.1 Å². The third-order valence-electron chi connectivity index (χ3n) is 1.54. The standard InChI is InChI=1S/C8H10O3.ClH/c9-4-6-2-1-3-7(5-10)8(6)11;/h1-3,9-11H,4-5H2;1H. The van der Waals surface area contributed by atoms with Gasteiger partial charge in [-0.1, -0.05) is 18.2 Å². The Morgan fingerprint density at radius 2 is 1.42 bits per heavy atom. The third-order valence-corrected chi connectivity index (χ3v) is 1.54. The highest BCUT2D eigenvalue weighted by atomic mass is 35.5. The minimum Gasteiger partial charge on any atom is -0.507 e. The predicted octanol–water partition coefficient (Wildman–Crippen LogP) is 0.799. The fourth-order valence-corrected chi connectivity index (χ4v) is 0.900. The molecule has 0 saturated carbocycles. The molecule has 0 aromatic heterocycles. The van der Waals surface area contributed by atoms with Crippen molar-refractivity contribution < 1.29 is 15.3 Å². The molecule has 1 aromatic rings. The van der Waals surface area contributed by atoms with E-state index in [2.05, 4.69) is 0 Å². The Kier molecular flexibility index (Phi) is 4.66. The Labute approximate surface area is 76.7 Å². The molecule has 0 amide bonds. The smallest absolute Gasteiger partial charge is 0.126 e. The molecule has 0 unspecified atom stereocenters. The average molecular weight is 191 g/mol. The number of hydrogen-bond acceptors (Lipinski definition) is 3. The maximum Gasteiger partial charge on any atom is 0.126 e. The molecule has 12 heavy (non-hydrogen) atoms. The van der Waals surface area contributed by atoms with Gasteiger partial charge < -0.3 is 15.3 Å². The number of aromatic hydroxyl groups is 1. The molecule has 0 spiro atoms. The van der Waals surface area contributed by atoms with Gasteiger partial charge in [-0.05, 0) is 0 Å². The van der Waals surface area contributed by atoms with Crippen LogP contribution in [0.3, 0.4) is 0 Å². The lowest BCUT2D eigenvalue weighted by Gasteiger charge is -2.04. The molecule has 0 aliphatic heterocycles. The van der Waals surface area contributed by atoms with Gasteiger partial charge in [-0.15, -0.1) is 12.4 Å². The molecule has 68 valence electrons. The van der Waals surface area contributed by atoms with Crippen LogP contribution < -0.4 is 0 Å². The van der Waals surface area contributed by atoms with Gasteiger partial charge in [-0.3, -0.25) is 0 Å². The van der Waals surface area contributed by atoms with Gasteiger partial charge in [0.05, 0.1) is 13.2 Å². The first-order valence-corrected chi connectivity index (χ1v) is 3.31. The van der Waals surface area contributed by atoms with Crippen LogP contribution in [0.5, 0.6) is 5.75 Å². The fraction of sp³-hybridized carbons (Fsp3) is 0.250. The summed E-state index contributed by atoms with van der Waals surface area (Å²) in [5.74, 6) is -0.0162. The highest BCUT2D eigenvalue weighted by Crippen LogP contribution is 2.21. The van der Waals surface area contributed by atoms with E-state index in [0.29, 0.717) is 11.1 Å². The lowest BCUT2D eigenvalue weighted by Crippen LogP contribution is -1.89. The zero-order chi connectivity index (χ0) is 8.27. The van der Waals surface area contributed by atoms with E-state index < -0.39 is 0 Å². The number of aliphatic hydroxyl groups is 2. The SMILES string of the molecule is Cl.OCc1cccc(CO)c1O. The van der Waals surface area contributed by atoms with Crippen LogP contribution in [-0.2, 0) is 13.2 Å². The second-order valence-corrected chi connectivity index (χ2v) is 2.24. The van der Waals surface area contributed by atoms with Crippen molar-refractivity contribution in [3.05, 3.63) is 29.3 Å². The maximum atomic E-state index is 9.27. The molecular formula is C8H11ClO3. The molecule has 1 rings (SSSR count). The molecule has 3 N–H and O–H groups in total. The van der Waals surface area contributed by atoms with E-state index in [1.165, 1.54) is 0 Å². The van der Waals surface area contributed by atoms with E-state index in [0.717, 1.165) is 0 Å². The van der Waals surface area contributed by atoms with Crippen LogP contribution in [0.15, 0.2) is 18.2 Å². The fourth-order valence-electron chi connectivity index (χ4n) is 0.900. The van der Waals surface area contributed by atoms with Crippen LogP contribution in [0.1, 0.15) is 11.1 Å². The summed E-state index contributed by atoms with van der Waals surface area (Å²) < 4.78 is 0. The zero-order valence-corrected chi connectivity index (χ0v) is 7.21. The van der Waals surface area contributed by atoms with Crippen molar-refractivity contribution in [2.24, 2.45) is 0 Å². The number of halogens is 1. The third kappa shape index (κ3) is 2.11. The molecular weight excluding hydrogens is 180 g/mol. The van der Waals surface area contributed by atoms with Crippen molar-refractivity contribution in [2.45, 2.75) is 13.2 Å². The normalized spacial score (nSPS) is 9.17. The first-order valence-electron chi connectivity index (χ1n) is 3.31. The lowest BCUT2D eigenvalue weighted by atomic mass is 10.1. The van der Waals surface area contributed by atoms with Gasteiger partial charge in [0.25, 0.3) is 0 Å². The number of aliphatic hydroxyl groups excluding tert-OH is 2. The molecule has 0 heterocycles. The Balaban J connectivity index is 0.00000121. The van der Waals surface area contributed by atoms with Gasteiger partial charge >= 0.3 is 0 Å². The van der Waals surface area contributed by atoms with Crippen LogP contribution in [0.4, 0.5) is 0 Å². The Bertz CT molecular complexity index is 228. The molecule has 3 nitrogen and oxygen atoms in total. The molecule has 1 aromatic carbocycles. The van der Waals surface area contributed by atoms with E-state index in [4.69, 9.17) is 10.2 Å². The van der Waals surface area contributed by atoms with Crippen molar-refractivity contribution in [1.29, 1.82) is 0 Å². The topological polar surface area (TPSA) is 60.7 Å². The minimum absolute atomic E-state index is 0. The Hall–Kier alpha value is -0.770. The Morgan fingerprint density at radius 3 is 1.75 bits per heavy atom. The van der Waals surface area contributed by atoms with E-state index in [-0.39, 0.29) is 31.4 Å². The van der Waals surface area contributed by atoms with E-state index >= 15 is 0 Å². The molecule has 4 heteroatoms. The van der Waals surface area contributed by atoms with Crippen LogP contribution in [-0.4, -0.2) is 15.3 Å². The van der Waals surface area contributed by atoms with E-state index in [9.17, 15) is 5.11 Å². The summed E-state index contributed by atoms with van der Waals surface area (Å²) in [5, 5.41) is 26.7. The van der Waals surface area contributed by atoms with Crippen molar-refractivity contribution >= 4 is 12.4 Å².